The molecule has 36 heavy (non-hydrogen) atoms. The van der Waals surface area contributed by atoms with Gasteiger partial charge in [0.25, 0.3) is 0 Å². The summed E-state index contributed by atoms with van der Waals surface area (Å²) in [6.45, 7) is 8.36. The zero-order valence-electron chi connectivity index (χ0n) is 21.0. The van der Waals surface area contributed by atoms with Gasteiger partial charge < -0.3 is 19.2 Å². The number of amides is 2. The summed E-state index contributed by atoms with van der Waals surface area (Å²) in [5.74, 6) is 0.965. The zero-order valence-corrected chi connectivity index (χ0v) is 21.0. The fourth-order valence-electron chi connectivity index (χ4n) is 4.80. The minimum Gasteiger partial charge on any atom is -0.372 e. The smallest absolute Gasteiger partial charge is 0.316 e. The quantitative estimate of drug-likeness (QED) is 0.544. The third-order valence-electron chi connectivity index (χ3n) is 7.28. The van der Waals surface area contributed by atoms with E-state index in [2.05, 4.69) is 34.1 Å². The molecule has 2 amide bonds. The molecule has 0 unspecified atom stereocenters. The lowest BCUT2D eigenvalue weighted by atomic mass is 9.98. The van der Waals surface area contributed by atoms with Crippen LogP contribution in [0.1, 0.15) is 41.6 Å². The van der Waals surface area contributed by atoms with Gasteiger partial charge in [0.15, 0.2) is 0 Å². The minimum absolute atomic E-state index is 0.0153. The Labute approximate surface area is 211 Å². The first kappa shape index (κ1) is 24.0. The lowest BCUT2D eigenvalue weighted by Gasteiger charge is -2.34. The molecule has 2 saturated heterocycles. The van der Waals surface area contributed by atoms with E-state index in [-0.39, 0.29) is 17.7 Å². The van der Waals surface area contributed by atoms with Crippen LogP contribution >= 0.6 is 0 Å². The Morgan fingerprint density at radius 3 is 2.19 bits per heavy atom. The fourth-order valence-corrected chi connectivity index (χ4v) is 4.80. The van der Waals surface area contributed by atoms with Crippen molar-refractivity contribution in [2.45, 2.75) is 33.1 Å². The highest BCUT2D eigenvalue weighted by atomic mass is 16.5. The first-order chi connectivity index (χ1) is 17.5. The van der Waals surface area contributed by atoms with Crippen molar-refractivity contribution in [2.24, 2.45) is 5.92 Å². The molecule has 0 aliphatic carbocycles. The average molecular weight is 488 g/mol. The molecule has 0 atom stereocenters. The van der Waals surface area contributed by atoms with Gasteiger partial charge in [-0.3, -0.25) is 9.59 Å². The highest BCUT2D eigenvalue weighted by molar-refractivity contribution is 5.90. The number of anilines is 1. The van der Waals surface area contributed by atoms with Gasteiger partial charge >= 0.3 is 11.8 Å². The maximum atomic E-state index is 13.0. The normalized spacial score (nSPS) is 16.9. The number of carbonyl (C=O) groups is 2. The average Bonchev–Trinajstić information content (AvgIpc) is 3.41. The van der Waals surface area contributed by atoms with Gasteiger partial charge in [-0.05, 0) is 55.5 Å². The van der Waals surface area contributed by atoms with Crippen molar-refractivity contribution in [3.05, 3.63) is 65.5 Å². The number of hydrogen-bond donors (Lipinski definition) is 0. The second kappa shape index (κ2) is 10.5. The lowest BCUT2D eigenvalue weighted by Crippen LogP contribution is -2.51. The number of carbonyl (C=O) groups excluding carboxylic acids is 2. The van der Waals surface area contributed by atoms with E-state index in [9.17, 15) is 9.59 Å². The summed E-state index contributed by atoms with van der Waals surface area (Å²) in [6.07, 6.45) is 2.80. The topological polar surface area (TPSA) is 82.8 Å². The van der Waals surface area contributed by atoms with Gasteiger partial charge in [0, 0.05) is 50.5 Å². The van der Waals surface area contributed by atoms with Crippen molar-refractivity contribution in [1.29, 1.82) is 0 Å². The van der Waals surface area contributed by atoms with Gasteiger partial charge in [-0.15, -0.1) is 0 Å². The largest absolute Gasteiger partial charge is 0.372 e. The van der Waals surface area contributed by atoms with Crippen LogP contribution < -0.4 is 4.90 Å². The fraction of sp³-hybridized carbons (Fsp3) is 0.429. The van der Waals surface area contributed by atoms with Crippen LogP contribution in [0, 0.1) is 12.8 Å². The van der Waals surface area contributed by atoms with Crippen molar-refractivity contribution in [2.75, 3.05) is 44.2 Å². The predicted octanol–water partition coefficient (Wildman–Crippen LogP) is 3.81. The minimum atomic E-state index is -0.293. The molecule has 2 fully saturated rings. The van der Waals surface area contributed by atoms with Gasteiger partial charge in [0.1, 0.15) is 0 Å². The third-order valence-corrected chi connectivity index (χ3v) is 7.28. The van der Waals surface area contributed by atoms with Gasteiger partial charge in [-0.1, -0.05) is 41.9 Å². The van der Waals surface area contributed by atoms with Crippen molar-refractivity contribution in [1.82, 2.24) is 19.9 Å². The van der Waals surface area contributed by atoms with Crippen molar-refractivity contribution in [3.8, 4) is 11.4 Å². The van der Waals surface area contributed by atoms with Crippen LogP contribution in [0.3, 0.4) is 0 Å². The van der Waals surface area contributed by atoms with E-state index in [1.54, 1.807) is 4.90 Å². The molecular weight excluding hydrogens is 454 g/mol. The highest BCUT2D eigenvalue weighted by Crippen LogP contribution is 2.25. The first-order valence-corrected chi connectivity index (χ1v) is 12.8. The molecule has 0 N–H and O–H groups in total. The van der Waals surface area contributed by atoms with Crippen LogP contribution in [0.25, 0.3) is 11.4 Å². The standard InChI is InChI=1S/C28H33N5O3/c1-20-3-5-22(6-4-20)19-25(34)32-15-17-33(18-16-32)28(35)27-29-26(30-36-27)23-7-9-24(10-8-23)31-13-11-21(2)12-14-31/h3-10,21H,11-19H2,1-2H3. The Hall–Kier alpha value is -3.68. The summed E-state index contributed by atoms with van der Waals surface area (Å²) < 4.78 is 5.31. The van der Waals surface area contributed by atoms with E-state index < -0.39 is 0 Å². The summed E-state index contributed by atoms with van der Waals surface area (Å²) in [5.41, 5.74) is 4.19. The summed E-state index contributed by atoms with van der Waals surface area (Å²) in [4.78, 5) is 35.9. The van der Waals surface area contributed by atoms with Crippen LogP contribution in [0.15, 0.2) is 53.1 Å². The maximum Gasteiger partial charge on any atom is 0.316 e. The maximum absolute atomic E-state index is 13.0. The second-order valence-corrected chi connectivity index (χ2v) is 9.97. The predicted molar refractivity (Wildman–Crippen MR) is 138 cm³/mol. The number of nitrogens with zero attached hydrogens (tertiary/aromatic N) is 5. The molecule has 3 aromatic rings. The SMILES string of the molecule is Cc1ccc(CC(=O)N2CCN(C(=O)c3nc(-c4ccc(N5CCC(C)CC5)cc4)no3)CC2)cc1. The summed E-state index contributed by atoms with van der Waals surface area (Å²) in [6, 6.07) is 16.1. The molecule has 8 nitrogen and oxygen atoms in total. The summed E-state index contributed by atoms with van der Waals surface area (Å²) >= 11 is 0. The van der Waals surface area contributed by atoms with Crippen LogP contribution in [0.5, 0.6) is 0 Å². The highest BCUT2D eigenvalue weighted by Gasteiger charge is 2.28. The Balaban J connectivity index is 1.15. The van der Waals surface area contributed by atoms with Crippen molar-refractivity contribution < 1.29 is 14.1 Å². The molecule has 2 aliphatic rings. The molecule has 0 saturated carbocycles. The van der Waals surface area contributed by atoms with Crippen molar-refractivity contribution in [3.63, 3.8) is 0 Å². The van der Waals surface area contributed by atoms with Gasteiger partial charge in [0.05, 0.1) is 6.42 Å². The Kier molecular flexibility index (Phi) is 7.02. The monoisotopic (exact) mass is 487 g/mol. The summed E-state index contributed by atoms with van der Waals surface area (Å²) in [5, 5.41) is 4.04. The van der Waals surface area contributed by atoms with Crippen molar-refractivity contribution >= 4 is 17.5 Å². The van der Waals surface area contributed by atoms with E-state index >= 15 is 0 Å². The molecule has 1 aromatic heterocycles. The summed E-state index contributed by atoms with van der Waals surface area (Å²) in [7, 11) is 0. The number of piperazine rings is 1. The van der Waals surface area contributed by atoms with Crippen LogP contribution in [-0.2, 0) is 11.2 Å². The molecule has 8 heteroatoms. The molecule has 188 valence electrons. The Bertz CT molecular complexity index is 1190. The molecule has 2 aliphatic heterocycles. The third kappa shape index (κ3) is 5.42. The Morgan fingerprint density at radius 2 is 1.53 bits per heavy atom. The molecule has 0 bridgehead atoms. The number of aryl methyl sites for hydroxylation is 1. The van der Waals surface area contributed by atoms with E-state index in [1.165, 1.54) is 24.1 Å². The molecule has 5 rings (SSSR count). The second-order valence-electron chi connectivity index (χ2n) is 9.97. The zero-order chi connectivity index (χ0) is 25.1. The van der Waals surface area contributed by atoms with Gasteiger partial charge in [-0.25, -0.2) is 0 Å². The van der Waals surface area contributed by atoms with Gasteiger partial charge in [0.2, 0.25) is 11.7 Å². The van der Waals surface area contributed by atoms with E-state index in [0.717, 1.165) is 30.1 Å². The first-order valence-electron chi connectivity index (χ1n) is 12.8. The molecule has 3 heterocycles. The van der Waals surface area contributed by atoms with Gasteiger partial charge in [-0.2, -0.15) is 4.98 Å². The molecular formula is C28H33N5O3. The van der Waals surface area contributed by atoms with Crippen LogP contribution in [0.2, 0.25) is 0 Å². The van der Waals surface area contributed by atoms with E-state index in [4.69, 9.17) is 4.52 Å². The number of benzene rings is 2. The number of aromatic nitrogens is 2. The number of piperidine rings is 1. The number of rotatable bonds is 5. The van der Waals surface area contributed by atoms with E-state index in [1.807, 2.05) is 48.2 Å². The van der Waals surface area contributed by atoms with Crippen LogP contribution in [-0.4, -0.2) is 71.0 Å². The molecule has 2 aromatic carbocycles. The van der Waals surface area contributed by atoms with Crippen LogP contribution in [0.4, 0.5) is 5.69 Å². The Morgan fingerprint density at radius 1 is 0.889 bits per heavy atom. The molecule has 0 radical (unpaired) electrons. The van der Waals surface area contributed by atoms with E-state index in [0.29, 0.717) is 38.4 Å². The molecule has 0 spiro atoms. The lowest BCUT2D eigenvalue weighted by molar-refractivity contribution is -0.131. The number of hydrogen-bond acceptors (Lipinski definition) is 6.